The monoisotopic (exact) mass is 396 g/mol. The van der Waals surface area contributed by atoms with Crippen molar-refractivity contribution in [3.8, 4) is 11.1 Å². The largest absolute Gasteiger partial charge is 0.368 e. The van der Waals surface area contributed by atoms with Crippen LogP contribution in [0.5, 0.6) is 0 Å². The molecule has 1 amide bonds. The highest BCUT2D eigenvalue weighted by molar-refractivity contribution is 5.79. The number of hydrogen-bond donors (Lipinski definition) is 2. The Morgan fingerprint density at radius 2 is 1.79 bits per heavy atom. The van der Waals surface area contributed by atoms with Gasteiger partial charge in [-0.15, -0.1) is 0 Å². The summed E-state index contributed by atoms with van der Waals surface area (Å²) >= 11 is 0. The van der Waals surface area contributed by atoms with Gasteiger partial charge in [0.05, 0.1) is 12.2 Å². The van der Waals surface area contributed by atoms with E-state index >= 15 is 0 Å². The molecule has 7 heteroatoms. The van der Waals surface area contributed by atoms with Crippen LogP contribution >= 0.6 is 0 Å². The number of carbonyl (C=O) groups is 1. The highest BCUT2D eigenvalue weighted by atomic mass is 19.1. The third kappa shape index (κ3) is 5.36. The Hall–Kier alpha value is -3.32. The molecule has 0 fully saturated rings. The van der Waals surface area contributed by atoms with Crippen LogP contribution in [0, 0.1) is 11.6 Å². The van der Waals surface area contributed by atoms with Gasteiger partial charge in [-0.1, -0.05) is 18.2 Å². The average Bonchev–Trinajstić information content (AvgIpc) is 2.69. The van der Waals surface area contributed by atoms with E-state index in [1.165, 1.54) is 23.1 Å². The number of benzene rings is 2. The SMILES string of the molecule is NC(=O)CN(CC(N)Cc1ccc(F)cc1-c1ccncc1)c1ccccc1F. The minimum absolute atomic E-state index is 0.157. The van der Waals surface area contributed by atoms with E-state index in [0.29, 0.717) is 6.42 Å². The van der Waals surface area contributed by atoms with Crippen molar-refractivity contribution in [3.63, 3.8) is 0 Å². The van der Waals surface area contributed by atoms with E-state index < -0.39 is 17.8 Å². The van der Waals surface area contributed by atoms with Crippen LogP contribution in [0.2, 0.25) is 0 Å². The highest BCUT2D eigenvalue weighted by Crippen LogP contribution is 2.26. The number of primary amides is 1. The van der Waals surface area contributed by atoms with Crippen molar-refractivity contribution in [1.29, 1.82) is 0 Å². The Balaban J connectivity index is 1.83. The first-order valence-corrected chi connectivity index (χ1v) is 9.16. The Morgan fingerprint density at radius 3 is 2.48 bits per heavy atom. The fraction of sp³-hybridized carbons (Fsp3) is 0.182. The molecule has 0 spiro atoms. The van der Waals surface area contributed by atoms with Crippen LogP contribution in [0.1, 0.15) is 5.56 Å². The number of rotatable bonds is 8. The zero-order chi connectivity index (χ0) is 20.8. The van der Waals surface area contributed by atoms with Crippen LogP contribution in [-0.4, -0.2) is 30.0 Å². The fourth-order valence-electron chi connectivity index (χ4n) is 3.30. The van der Waals surface area contributed by atoms with Crippen LogP contribution in [-0.2, 0) is 11.2 Å². The van der Waals surface area contributed by atoms with Crippen molar-refractivity contribution in [2.45, 2.75) is 12.5 Å². The van der Waals surface area contributed by atoms with Crippen molar-refractivity contribution in [3.05, 3.63) is 84.2 Å². The zero-order valence-corrected chi connectivity index (χ0v) is 15.8. The maximum Gasteiger partial charge on any atom is 0.236 e. The number of hydrogen-bond acceptors (Lipinski definition) is 4. The topological polar surface area (TPSA) is 85.2 Å². The molecule has 1 unspecified atom stereocenters. The van der Waals surface area contributed by atoms with E-state index in [2.05, 4.69) is 4.98 Å². The first kappa shape index (κ1) is 20.4. The molecule has 3 aromatic rings. The number of aromatic nitrogens is 1. The van der Waals surface area contributed by atoms with Crippen molar-refractivity contribution < 1.29 is 13.6 Å². The number of carbonyl (C=O) groups excluding carboxylic acids is 1. The molecule has 150 valence electrons. The van der Waals surface area contributed by atoms with Crippen LogP contribution in [0.25, 0.3) is 11.1 Å². The molecule has 0 aliphatic heterocycles. The van der Waals surface area contributed by atoms with Crippen LogP contribution in [0.15, 0.2) is 67.0 Å². The second-order valence-electron chi connectivity index (χ2n) is 6.80. The minimum Gasteiger partial charge on any atom is -0.368 e. The Labute approximate surface area is 168 Å². The van der Waals surface area contributed by atoms with Gasteiger partial charge in [0.2, 0.25) is 5.91 Å². The number of pyridine rings is 1. The number of nitrogens with two attached hydrogens (primary N) is 2. The highest BCUT2D eigenvalue weighted by Gasteiger charge is 2.18. The molecular formula is C22H22F2N4O. The van der Waals surface area contributed by atoms with E-state index in [9.17, 15) is 13.6 Å². The summed E-state index contributed by atoms with van der Waals surface area (Å²) in [7, 11) is 0. The summed E-state index contributed by atoms with van der Waals surface area (Å²) < 4.78 is 28.1. The van der Waals surface area contributed by atoms with Gasteiger partial charge in [0.25, 0.3) is 0 Å². The maximum absolute atomic E-state index is 14.2. The first-order valence-electron chi connectivity index (χ1n) is 9.16. The first-order chi connectivity index (χ1) is 13.9. The van der Waals surface area contributed by atoms with Crippen molar-refractivity contribution in [2.24, 2.45) is 11.5 Å². The second kappa shape index (κ2) is 9.25. The summed E-state index contributed by atoms with van der Waals surface area (Å²) in [5.74, 6) is -1.39. The fourth-order valence-corrected chi connectivity index (χ4v) is 3.30. The molecule has 1 heterocycles. The van der Waals surface area contributed by atoms with Crippen LogP contribution in [0.3, 0.4) is 0 Å². The van der Waals surface area contributed by atoms with Crippen molar-refractivity contribution >= 4 is 11.6 Å². The normalized spacial score (nSPS) is 11.8. The summed E-state index contributed by atoms with van der Waals surface area (Å²) in [6.07, 6.45) is 3.68. The molecule has 1 aromatic heterocycles. The van der Waals surface area contributed by atoms with Gasteiger partial charge < -0.3 is 16.4 Å². The molecule has 0 saturated heterocycles. The van der Waals surface area contributed by atoms with Gasteiger partial charge >= 0.3 is 0 Å². The summed E-state index contributed by atoms with van der Waals surface area (Å²) in [5.41, 5.74) is 14.3. The summed E-state index contributed by atoms with van der Waals surface area (Å²) in [4.78, 5) is 17.0. The lowest BCUT2D eigenvalue weighted by atomic mass is 9.95. The molecule has 0 aliphatic rings. The molecule has 3 rings (SSSR count). The zero-order valence-electron chi connectivity index (χ0n) is 15.8. The lowest BCUT2D eigenvalue weighted by Crippen LogP contribution is -2.43. The van der Waals surface area contributed by atoms with Gasteiger partial charge in [-0.3, -0.25) is 9.78 Å². The third-order valence-electron chi connectivity index (χ3n) is 4.54. The number of anilines is 1. The van der Waals surface area contributed by atoms with Gasteiger partial charge in [0.1, 0.15) is 11.6 Å². The second-order valence-corrected chi connectivity index (χ2v) is 6.80. The predicted molar refractivity (Wildman–Crippen MR) is 109 cm³/mol. The molecule has 1 atom stereocenters. The number of halogens is 2. The molecule has 5 nitrogen and oxygen atoms in total. The van der Waals surface area contributed by atoms with Crippen molar-refractivity contribution in [2.75, 3.05) is 18.0 Å². The quantitative estimate of drug-likeness (QED) is 0.613. The summed E-state index contributed by atoms with van der Waals surface area (Å²) in [6, 6.07) is 13.8. The molecular weight excluding hydrogens is 374 g/mol. The van der Waals surface area contributed by atoms with Crippen LogP contribution < -0.4 is 16.4 Å². The lowest BCUT2D eigenvalue weighted by molar-refractivity contribution is -0.116. The van der Waals surface area contributed by atoms with Gasteiger partial charge in [-0.2, -0.15) is 0 Å². The molecule has 0 radical (unpaired) electrons. The van der Waals surface area contributed by atoms with E-state index in [1.54, 1.807) is 48.8 Å². The van der Waals surface area contributed by atoms with E-state index in [-0.39, 0.29) is 24.6 Å². The molecule has 0 saturated carbocycles. The Morgan fingerprint density at radius 1 is 1.07 bits per heavy atom. The number of para-hydroxylation sites is 1. The predicted octanol–water partition coefficient (Wildman–Crippen LogP) is 2.89. The number of amides is 1. The summed E-state index contributed by atoms with van der Waals surface area (Å²) in [5, 5.41) is 0. The standard InChI is InChI=1S/C22H22F2N4O/c23-17-6-5-16(19(12-17)15-7-9-27-10-8-15)11-18(25)13-28(14-22(26)29)21-4-2-1-3-20(21)24/h1-10,12,18H,11,13-14,25H2,(H2,26,29). The van der Waals surface area contributed by atoms with E-state index in [0.717, 1.165) is 16.7 Å². The van der Waals surface area contributed by atoms with Crippen molar-refractivity contribution in [1.82, 2.24) is 4.98 Å². The Bertz CT molecular complexity index is 982. The van der Waals surface area contributed by atoms with Gasteiger partial charge in [0, 0.05) is 25.0 Å². The van der Waals surface area contributed by atoms with Crippen LogP contribution in [0.4, 0.5) is 14.5 Å². The lowest BCUT2D eigenvalue weighted by Gasteiger charge is -2.27. The van der Waals surface area contributed by atoms with E-state index in [1.807, 2.05) is 0 Å². The average molecular weight is 396 g/mol. The smallest absolute Gasteiger partial charge is 0.236 e. The summed E-state index contributed by atoms with van der Waals surface area (Å²) in [6.45, 7) is 0.0479. The third-order valence-corrected chi connectivity index (χ3v) is 4.54. The molecule has 4 N–H and O–H groups in total. The van der Waals surface area contributed by atoms with Gasteiger partial charge in [-0.25, -0.2) is 8.78 Å². The molecule has 0 aliphatic carbocycles. The van der Waals surface area contributed by atoms with Gasteiger partial charge in [0.15, 0.2) is 0 Å². The maximum atomic E-state index is 14.2. The van der Waals surface area contributed by atoms with Gasteiger partial charge in [-0.05, 0) is 59.5 Å². The Kier molecular flexibility index (Phi) is 6.51. The number of nitrogens with zero attached hydrogens (tertiary/aromatic N) is 2. The molecule has 2 aromatic carbocycles. The van der Waals surface area contributed by atoms with E-state index in [4.69, 9.17) is 11.5 Å². The molecule has 0 bridgehead atoms. The molecule has 29 heavy (non-hydrogen) atoms. The minimum atomic E-state index is -0.584.